The molecule has 1 atom stereocenters. The van der Waals surface area contributed by atoms with Gasteiger partial charge in [0.25, 0.3) is 0 Å². The topological polar surface area (TPSA) is 43.9 Å². The van der Waals surface area contributed by atoms with Gasteiger partial charge in [-0.25, -0.2) is 0 Å². The second kappa shape index (κ2) is 7.79. The van der Waals surface area contributed by atoms with Crippen LogP contribution in [0.3, 0.4) is 0 Å². The van der Waals surface area contributed by atoms with Crippen LogP contribution >= 0.6 is 0 Å². The van der Waals surface area contributed by atoms with E-state index in [0.29, 0.717) is 26.2 Å². The number of hydrogen-bond acceptors (Lipinski definition) is 3. The highest BCUT2D eigenvalue weighted by atomic mass is 16.2. The average Bonchev–Trinajstić information content (AvgIpc) is 2.62. The van der Waals surface area contributed by atoms with Crippen molar-refractivity contribution in [2.75, 3.05) is 39.3 Å². The van der Waals surface area contributed by atoms with E-state index in [1.807, 2.05) is 40.1 Å². The maximum Gasteiger partial charge on any atom is 0.236 e. The summed E-state index contributed by atoms with van der Waals surface area (Å²) in [6.07, 6.45) is 3.66. The molecule has 130 valence electrons. The SMILES string of the molecule is CC(=O)N1CCN(C(=O)CN2CCCCC2)CC1c1ccccc1. The third kappa shape index (κ3) is 3.96. The molecule has 0 saturated carbocycles. The van der Waals surface area contributed by atoms with Crippen LogP contribution in [0.4, 0.5) is 0 Å². The monoisotopic (exact) mass is 329 g/mol. The fourth-order valence-electron chi connectivity index (χ4n) is 3.76. The molecule has 5 nitrogen and oxygen atoms in total. The van der Waals surface area contributed by atoms with Gasteiger partial charge in [-0.3, -0.25) is 14.5 Å². The van der Waals surface area contributed by atoms with Crippen molar-refractivity contribution in [3.8, 4) is 0 Å². The van der Waals surface area contributed by atoms with Gasteiger partial charge in [-0.05, 0) is 31.5 Å². The number of nitrogens with zero attached hydrogens (tertiary/aromatic N) is 3. The molecule has 1 aromatic carbocycles. The first-order valence-corrected chi connectivity index (χ1v) is 8.97. The Kier molecular flexibility index (Phi) is 5.51. The van der Waals surface area contributed by atoms with Gasteiger partial charge in [0.2, 0.25) is 11.8 Å². The lowest BCUT2D eigenvalue weighted by Gasteiger charge is -2.42. The number of carbonyl (C=O) groups is 2. The molecule has 1 unspecified atom stereocenters. The van der Waals surface area contributed by atoms with E-state index in [-0.39, 0.29) is 17.9 Å². The first-order chi connectivity index (χ1) is 11.6. The van der Waals surface area contributed by atoms with Gasteiger partial charge in [0.05, 0.1) is 12.6 Å². The third-order valence-electron chi connectivity index (χ3n) is 5.13. The molecule has 2 heterocycles. The van der Waals surface area contributed by atoms with E-state index in [1.165, 1.54) is 19.3 Å². The Labute approximate surface area is 144 Å². The second-order valence-electron chi connectivity index (χ2n) is 6.82. The number of piperazine rings is 1. The predicted molar refractivity (Wildman–Crippen MR) is 93.4 cm³/mol. The summed E-state index contributed by atoms with van der Waals surface area (Å²) in [6, 6.07) is 10.00. The Morgan fingerprint density at radius 2 is 1.71 bits per heavy atom. The minimum atomic E-state index is -0.0391. The van der Waals surface area contributed by atoms with Gasteiger partial charge in [-0.15, -0.1) is 0 Å². The van der Waals surface area contributed by atoms with Crippen LogP contribution in [0.5, 0.6) is 0 Å². The highest BCUT2D eigenvalue weighted by Crippen LogP contribution is 2.25. The molecule has 2 fully saturated rings. The molecule has 2 aliphatic heterocycles. The Morgan fingerprint density at radius 3 is 2.38 bits per heavy atom. The van der Waals surface area contributed by atoms with Crippen molar-refractivity contribution >= 4 is 11.8 Å². The molecule has 2 amide bonds. The number of piperidine rings is 1. The zero-order valence-corrected chi connectivity index (χ0v) is 14.5. The zero-order chi connectivity index (χ0) is 16.9. The smallest absolute Gasteiger partial charge is 0.236 e. The van der Waals surface area contributed by atoms with Crippen LogP contribution < -0.4 is 0 Å². The molecule has 5 heteroatoms. The predicted octanol–water partition coefficient (Wildman–Crippen LogP) is 1.90. The summed E-state index contributed by atoms with van der Waals surface area (Å²) < 4.78 is 0. The minimum absolute atomic E-state index is 0.0391. The van der Waals surface area contributed by atoms with Crippen molar-refractivity contribution in [2.45, 2.75) is 32.2 Å². The number of carbonyl (C=O) groups excluding carboxylic acids is 2. The fraction of sp³-hybridized carbons (Fsp3) is 0.579. The number of hydrogen-bond donors (Lipinski definition) is 0. The van der Waals surface area contributed by atoms with Crippen LogP contribution in [0.25, 0.3) is 0 Å². The number of benzene rings is 1. The van der Waals surface area contributed by atoms with E-state index in [4.69, 9.17) is 0 Å². The van der Waals surface area contributed by atoms with E-state index in [0.717, 1.165) is 18.7 Å². The summed E-state index contributed by atoms with van der Waals surface area (Å²) in [6.45, 7) is 6.03. The van der Waals surface area contributed by atoms with Crippen LogP contribution in [0, 0.1) is 0 Å². The summed E-state index contributed by atoms with van der Waals surface area (Å²) >= 11 is 0. The quantitative estimate of drug-likeness (QED) is 0.851. The normalized spacial score (nSPS) is 22.5. The maximum atomic E-state index is 12.7. The molecule has 2 saturated heterocycles. The van der Waals surface area contributed by atoms with Crippen LogP contribution in [-0.4, -0.2) is 65.8 Å². The fourth-order valence-corrected chi connectivity index (χ4v) is 3.76. The highest BCUT2D eigenvalue weighted by Gasteiger charge is 2.32. The summed E-state index contributed by atoms with van der Waals surface area (Å²) in [7, 11) is 0. The van der Waals surface area contributed by atoms with Gasteiger partial charge in [0, 0.05) is 26.6 Å². The Hall–Kier alpha value is -1.88. The summed E-state index contributed by atoms with van der Waals surface area (Å²) in [5, 5.41) is 0. The lowest BCUT2D eigenvalue weighted by molar-refractivity contribution is -0.142. The third-order valence-corrected chi connectivity index (χ3v) is 5.13. The highest BCUT2D eigenvalue weighted by molar-refractivity contribution is 5.79. The number of rotatable bonds is 3. The van der Waals surface area contributed by atoms with Crippen LogP contribution in [-0.2, 0) is 9.59 Å². The molecular formula is C19H27N3O2. The van der Waals surface area contributed by atoms with Gasteiger partial charge in [-0.1, -0.05) is 36.8 Å². The van der Waals surface area contributed by atoms with Crippen molar-refractivity contribution in [2.24, 2.45) is 0 Å². The van der Waals surface area contributed by atoms with E-state index >= 15 is 0 Å². The molecule has 1 aromatic rings. The lowest BCUT2D eigenvalue weighted by atomic mass is 10.0. The molecule has 0 spiro atoms. The van der Waals surface area contributed by atoms with Crippen molar-refractivity contribution in [1.82, 2.24) is 14.7 Å². The standard InChI is InChI=1S/C19H27N3O2/c1-16(23)22-13-12-21(14-18(22)17-8-4-2-5-9-17)19(24)15-20-10-6-3-7-11-20/h2,4-5,8-9,18H,3,6-7,10-15H2,1H3. The minimum Gasteiger partial charge on any atom is -0.337 e. The second-order valence-corrected chi connectivity index (χ2v) is 6.82. The molecular weight excluding hydrogens is 302 g/mol. The van der Waals surface area contributed by atoms with Crippen molar-refractivity contribution in [3.63, 3.8) is 0 Å². The van der Waals surface area contributed by atoms with Gasteiger partial charge >= 0.3 is 0 Å². The van der Waals surface area contributed by atoms with Gasteiger partial charge < -0.3 is 9.80 Å². The molecule has 24 heavy (non-hydrogen) atoms. The largest absolute Gasteiger partial charge is 0.337 e. The molecule has 0 aromatic heterocycles. The summed E-state index contributed by atoms with van der Waals surface area (Å²) in [4.78, 5) is 30.8. The molecule has 0 bridgehead atoms. The maximum absolute atomic E-state index is 12.7. The summed E-state index contributed by atoms with van der Waals surface area (Å²) in [5.41, 5.74) is 1.10. The van der Waals surface area contributed by atoms with Crippen molar-refractivity contribution in [1.29, 1.82) is 0 Å². The van der Waals surface area contributed by atoms with Gasteiger partial charge in [-0.2, -0.15) is 0 Å². The van der Waals surface area contributed by atoms with Gasteiger partial charge in [0.1, 0.15) is 0 Å². The van der Waals surface area contributed by atoms with Crippen LogP contribution in [0.15, 0.2) is 30.3 Å². The van der Waals surface area contributed by atoms with Crippen LogP contribution in [0.2, 0.25) is 0 Å². The zero-order valence-electron chi connectivity index (χ0n) is 14.5. The first kappa shape index (κ1) is 17.0. The van der Waals surface area contributed by atoms with Crippen molar-refractivity contribution < 1.29 is 9.59 Å². The van der Waals surface area contributed by atoms with E-state index in [9.17, 15) is 9.59 Å². The molecule has 3 rings (SSSR count). The number of amides is 2. The average molecular weight is 329 g/mol. The Bertz CT molecular complexity index is 569. The Morgan fingerprint density at radius 1 is 1.00 bits per heavy atom. The number of likely N-dealkylation sites (tertiary alicyclic amines) is 1. The van der Waals surface area contributed by atoms with E-state index in [2.05, 4.69) is 4.90 Å². The molecule has 0 aliphatic carbocycles. The van der Waals surface area contributed by atoms with Crippen LogP contribution in [0.1, 0.15) is 37.8 Å². The first-order valence-electron chi connectivity index (χ1n) is 8.97. The van der Waals surface area contributed by atoms with E-state index < -0.39 is 0 Å². The molecule has 2 aliphatic rings. The lowest BCUT2D eigenvalue weighted by Crippen LogP contribution is -2.53. The molecule has 0 N–H and O–H groups in total. The van der Waals surface area contributed by atoms with E-state index in [1.54, 1.807) is 6.92 Å². The van der Waals surface area contributed by atoms with Gasteiger partial charge in [0.15, 0.2) is 0 Å². The van der Waals surface area contributed by atoms with Crippen molar-refractivity contribution in [3.05, 3.63) is 35.9 Å². The summed E-state index contributed by atoms with van der Waals surface area (Å²) in [5.74, 6) is 0.271. The Balaban J connectivity index is 1.68. The molecule has 0 radical (unpaired) electrons.